The zero-order valence-corrected chi connectivity index (χ0v) is 28.2. The van der Waals surface area contributed by atoms with Crippen molar-refractivity contribution in [1.82, 2.24) is 16.1 Å². The van der Waals surface area contributed by atoms with Crippen LogP contribution in [-0.4, -0.2) is 63.8 Å². The Kier molecular flexibility index (Phi) is 11.1. The maximum atomic E-state index is 12.5. The molecule has 2 atom stereocenters. The van der Waals surface area contributed by atoms with Crippen LogP contribution in [-0.2, 0) is 16.1 Å². The van der Waals surface area contributed by atoms with Gasteiger partial charge in [-0.2, -0.15) is 5.10 Å². The summed E-state index contributed by atoms with van der Waals surface area (Å²) in [7, 11) is 2.81. The number of urea groups is 1. The van der Waals surface area contributed by atoms with Crippen LogP contribution in [0, 0.1) is 0 Å². The van der Waals surface area contributed by atoms with E-state index in [0.29, 0.717) is 62.4 Å². The maximum absolute atomic E-state index is 12.5. The van der Waals surface area contributed by atoms with Crippen molar-refractivity contribution in [2.75, 3.05) is 34.2 Å². The molecule has 0 aromatic heterocycles. The summed E-state index contributed by atoms with van der Waals surface area (Å²) >= 11 is 3.54. The van der Waals surface area contributed by atoms with Gasteiger partial charge in [0.25, 0.3) is 0 Å². The highest BCUT2D eigenvalue weighted by Crippen LogP contribution is 2.38. The fourth-order valence-corrected chi connectivity index (χ4v) is 5.53. The fraction of sp³-hybridized carbons (Fsp3) is 0.303. The number of nitrogens with one attached hydrogen (secondary N) is 3. The van der Waals surface area contributed by atoms with Gasteiger partial charge in [-0.15, -0.1) is 0 Å². The van der Waals surface area contributed by atoms with E-state index in [1.165, 1.54) is 20.4 Å². The van der Waals surface area contributed by atoms with E-state index >= 15 is 0 Å². The normalized spacial score (nSPS) is 15.8. The molecule has 0 saturated carbocycles. The average molecular weight is 728 g/mol. The largest absolute Gasteiger partial charge is 0.493 e. The Hall–Kier alpha value is -5.15. The lowest BCUT2D eigenvalue weighted by Gasteiger charge is -2.28. The number of nitrogens with zero attached hydrogens (tertiary/aromatic N) is 1. The Labute approximate surface area is 285 Å². The molecule has 0 fully saturated rings. The van der Waals surface area contributed by atoms with E-state index in [1.54, 1.807) is 37.3 Å². The molecule has 0 saturated heterocycles. The second-order valence-electron chi connectivity index (χ2n) is 10.4. The monoisotopic (exact) mass is 726 g/mol. The minimum Gasteiger partial charge on any atom is -0.493 e. The molecule has 2 amide bonds. The third kappa shape index (κ3) is 8.04. The van der Waals surface area contributed by atoms with Crippen molar-refractivity contribution in [2.24, 2.45) is 5.10 Å². The second-order valence-corrected chi connectivity index (χ2v) is 11.3. The standard InChI is InChI=1S/C33H35BrN4O10/c1-5-44-26-13-21(30-29(32(40)43-4)18(2)36-33(41)37-30)7-9-23(26)45-16-28(39)38-35-14-20-10-22(34)31(27(12-20)42-3)46-15-19-6-8-24-25(11-19)48-17-47-24/h6-14,28,30,38-39H,5,15-17H2,1-4H3,(H2,36,37,41)/b35-14-/t28-,30+/m0/s1. The van der Waals surface area contributed by atoms with E-state index in [0.717, 1.165) is 5.56 Å². The van der Waals surface area contributed by atoms with Gasteiger partial charge in [0.1, 0.15) is 13.2 Å². The van der Waals surface area contributed by atoms with Crippen molar-refractivity contribution in [2.45, 2.75) is 32.7 Å². The van der Waals surface area contributed by atoms with Gasteiger partial charge in [-0.1, -0.05) is 12.1 Å². The second kappa shape index (κ2) is 15.6. The fourth-order valence-electron chi connectivity index (χ4n) is 4.96. The summed E-state index contributed by atoms with van der Waals surface area (Å²) in [6.45, 7) is 4.06. The molecule has 0 aliphatic carbocycles. The van der Waals surface area contributed by atoms with E-state index in [4.69, 9.17) is 33.2 Å². The van der Waals surface area contributed by atoms with Gasteiger partial charge in [-0.3, -0.25) is 5.43 Å². The number of halogens is 1. The number of allylic oxidation sites excluding steroid dienone is 1. The first-order valence-electron chi connectivity index (χ1n) is 14.8. The first-order chi connectivity index (χ1) is 23.2. The number of ether oxygens (including phenoxy) is 7. The smallest absolute Gasteiger partial charge is 0.337 e. The summed E-state index contributed by atoms with van der Waals surface area (Å²) in [6.07, 6.45) is 0.338. The van der Waals surface area contributed by atoms with E-state index in [-0.39, 0.29) is 25.6 Å². The van der Waals surface area contributed by atoms with Crippen molar-refractivity contribution in [1.29, 1.82) is 0 Å². The van der Waals surface area contributed by atoms with Crippen LogP contribution in [0.2, 0.25) is 0 Å². The Morgan fingerprint density at radius 2 is 1.90 bits per heavy atom. The van der Waals surface area contributed by atoms with Gasteiger partial charge in [-0.25, -0.2) is 9.59 Å². The summed E-state index contributed by atoms with van der Waals surface area (Å²) in [5.41, 5.74) is 5.43. The first kappa shape index (κ1) is 34.2. The quantitative estimate of drug-likeness (QED) is 0.0810. The summed E-state index contributed by atoms with van der Waals surface area (Å²) < 4.78 is 39.5. The first-order valence-corrected chi connectivity index (χ1v) is 15.6. The molecule has 0 radical (unpaired) electrons. The Morgan fingerprint density at radius 1 is 1.08 bits per heavy atom. The maximum Gasteiger partial charge on any atom is 0.337 e. The Morgan fingerprint density at radius 3 is 2.67 bits per heavy atom. The molecule has 0 unspecified atom stereocenters. The molecule has 48 heavy (non-hydrogen) atoms. The molecule has 15 heteroatoms. The molecule has 5 rings (SSSR count). The molecule has 0 bridgehead atoms. The van der Waals surface area contributed by atoms with Crippen molar-refractivity contribution >= 4 is 34.1 Å². The number of amides is 2. The van der Waals surface area contributed by atoms with Crippen molar-refractivity contribution in [3.8, 4) is 34.5 Å². The van der Waals surface area contributed by atoms with Crippen molar-refractivity contribution in [3.05, 3.63) is 81.0 Å². The predicted molar refractivity (Wildman–Crippen MR) is 177 cm³/mol. The number of rotatable bonds is 14. The summed E-state index contributed by atoms with van der Waals surface area (Å²) in [5, 5.41) is 20.0. The lowest BCUT2D eigenvalue weighted by atomic mass is 9.95. The van der Waals surface area contributed by atoms with E-state index in [9.17, 15) is 14.7 Å². The summed E-state index contributed by atoms with van der Waals surface area (Å²) in [5.74, 6) is 2.50. The number of hydrogen-bond acceptors (Lipinski definition) is 12. The van der Waals surface area contributed by atoms with Gasteiger partial charge < -0.3 is 48.9 Å². The lowest BCUT2D eigenvalue weighted by molar-refractivity contribution is -0.136. The van der Waals surface area contributed by atoms with Crippen LogP contribution in [0.1, 0.15) is 36.6 Å². The van der Waals surface area contributed by atoms with Crippen molar-refractivity contribution < 1.29 is 47.9 Å². The number of aliphatic hydroxyl groups excluding tert-OH is 1. The minimum absolute atomic E-state index is 0.174. The van der Waals surface area contributed by atoms with Gasteiger partial charge in [-0.05, 0) is 82.9 Å². The van der Waals surface area contributed by atoms with E-state index in [1.807, 2.05) is 25.1 Å². The van der Waals surface area contributed by atoms with E-state index in [2.05, 4.69) is 37.1 Å². The van der Waals surface area contributed by atoms with Crippen molar-refractivity contribution in [3.63, 3.8) is 0 Å². The third-order valence-electron chi connectivity index (χ3n) is 7.18. The minimum atomic E-state index is -1.18. The van der Waals surface area contributed by atoms with Crippen LogP contribution in [0.15, 0.2) is 69.4 Å². The average Bonchev–Trinajstić information content (AvgIpc) is 3.54. The van der Waals surface area contributed by atoms with Crippen LogP contribution in [0.4, 0.5) is 4.79 Å². The number of benzene rings is 3. The Bertz CT molecular complexity index is 1730. The number of fused-ring (bicyclic) bond motifs is 1. The highest BCUT2D eigenvalue weighted by atomic mass is 79.9. The molecule has 254 valence electrons. The molecule has 2 aliphatic rings. The van der Waals surface area contributed by atoms with E-state index < -0.39 is 24.3 Å². The summed E-state index contributed by atoms with van der Waals surface area (Å²) in [6, 6.07) is 12.9. The van der Waals surface area contributed by atoms with Crippen LogP contribution in [0.25, 0.3) is 0 Å². The zero-order chi connectivity index (χ0) is 34.2. The number of hydrazone groups is 1. The van der Waals surface area contributed by atoms with Crippen LogP contribution >= 0.6 is 15.9 Å². The molecule has 14 nitrogen and oxygen atoms in total. The molecule has 3 aromatic rings. The van der Waals surface area contributed by atoms with Gasteiger partial charge in [0.2, 0.25) is 6.79 Å². The predicted octanol–water partition coefficient (Wildman–Crippen LogP) is 4.29. The number of hydrogen-bond donors (Lipinski definition) is 4. The molecule has 4 N–H and O–H groups in total. The number of methoxy groups -OCH3 is 2. The molecule has 2 heterocycles. The number of carbonyl (C=O) groups excluding carboxylic acids is 2. The molecule has 2 aliphatic heterocycles. The molecular weight excluding hydrogens is 692 g/mol. The van der Waals surface area contributed by atoms with Gasteiger partial charge in [0, 0.05) is 5.70 Å². The third-order valence-corrected chi connectivity index (χ3v) is 7.77. The summed E-state index contributed by atoms with van der Waals surface area (Å²) in [4.78, 5) is 24.7. The van der Waals surface area contributed by atoms with Gasteiger partial charge in [0.15, 0.2) is 40.7 Å². The molecular formula is C33H35BrN4O10. The number of carbonyl (C=O) groups is 2. The van der Waals surface area contributed by atoms with Crippen LogP contribution in [0.3, 0.4) is 0 Å². The molecule has 0 spiro atoms. The Balaban J connectivity index is 1.19. The van der Waals surface area contributed by atoms with Crippen LogP contribution in [0.5, 0.6) is 34.5 Å². The highest BCUT2D eigenvalue weighted by molar-refractivity contribution is 9.10. The van der Waals surface area contributed by atoms with Gasteiger partial charge in [0.05, 0.1) is 43.1 Å². The molecule has 3 aromatic carbocycles. The van der Waals surface area contributed by atoms with Crippen LogP contribution < -0.4 is 44.5 Å². The van der Waals surface area contributed by atoms with Gasteiger partial charge >= 0.3 is 12.0 Å². The highest BCUT2D eigenvalue weighted by Gasteiger charge is 2.32. The zero-order valence-electron chi connectivity index (χ0n) is 26.6. The number of esters is 1. The lowest BCUT2D eigenvalue weighted by Crippen LogP contribution is -2.45. The SMILES string of the molecule is CCOc1cc([C@H]2NC(=O)NC(C)=C2C(=O)OC)ccc1OC[C@H](O)N/N=C\c1cc(Br)c(OCc2ccc3c(c2)OCO3)c(OC)c1. The number of aliphatic hydroxyl groups is 1. The topological polar surface area (TPSA) is 167 Å².